The normalized spacial score (nSPS) is 19.4. The van der Waals surface area contributed by atoms with Crippen LogP contribution in [0.3, 0.4) is 0 Å². The maximum absolute atomic E-state index is 13.1. The smallest absolute Gasteiger partial charge is 0.260 e. The van der Waals surface area contributed by atoms with Gasteiger partial charge in [0, 0.05) is 50.4 Å². The van der Waals surface area contributed by atoms with Crippen LogP contribution in [0.4, 0.5) is 10.1 Å². The van der Waals surface area contributed by atoms with E-state index in [0.717, 1.165) is 18.7 Å². The molecule has 30 heavy (non-hydrogen) atoms. The largest absolute Gasteiger partial charge is 0.484 e. The molecular formula is C23H28FN3O3. The monoisotopic (exact) mass is 413 g/mol. The lowest BCUT2D eigenvalue weighted by atomic mass is 10.1. The second-order valence-corrected chi connectivity index (χ2v) is 7.80. The summed E-state index contributed by atoms with van der Waals surface area (Å²) >= 11 is 0. The van der Waals surface area contributed by atoms with Crippen molar-refractivity contribution < 1.29 is 18.7 Å². The Morgan fingerprint density at radius 1 is 1.10 bits per heavy atom. The summed E-state index contributed by atoms with van der Waals surface area (Å²) in [5.74, 6) is 0.0636. The molecule has 1 heterocycles. The van der Waals surface area contributed by atoms with Gasteiger partial charge in [0.15, 0.2) is 6.61 Å². The highest BCUT2D eigenvalue weighted by molar-refractivity contribution is 5.88. The maximum Gasteiger partial charge on any atom is 0.260 e. The second-order valence-electron chi connectivity index (χ2n) is 7.80. The van der Waals surface area contributed by atoms with Gasteiger partial charge in [-0.25, -0.2) is 4.39 Å². The first-order valence-corrected chi connectivity index (χ1v) is 10.1. The first-order valence-electron chi connectivity index (χ1n) is 10.1. The number of nitrogens with zero attached hydrogens (tertiary/aromatic N) is 2. The van der Waals surface area contributed by atoms with E-state index in [2.05, 4.69) is 17.1 Å². The summed E-state index contributed by atoms with van der Waals surface area (Å²) in [5, 5.41) is 2.70. The summed E-state index contributed by atoms with van der Waals surface area (Å²) in [6, 6.07) is 13.8. The topological polar surface area (TPSA) is 61.9 Å². The summed E-state index contributed by atoms with van der Waals surface area (Å²) in [4.78, 5) is 28.1. The van der Waals surface area contributed by atoms with E-state index >= 15 is 0 Å². The van der Waals surface area contributed by atoms with Gasteiger partial charge in [-0.1, -0.05) is 18.2 Å². The van der Waals surface area contributed by atoms with Gasteiger partial charge in [-0.2, -0.15) is 0 Å². The molecule has 3 rings (SSSR count). The van der Waals surface area contributed by atoms with E-state index in [0.29, 0.717) is 18.0 Å². The molecule has 1 N–H and O–H groups in total. The number of piperazine rings is 1. The van der Waals surface area contributed by atoms with Crippen LogP contribution in [0.15, 0.2) is 48.5 Å². The van der Waals surface area contributed by atoms with Crippen molar-refractivity contribution in [3.63, 3.8) is 0 Å². The Kier molecular flexibility index (Phi) is 7.05. The Hall–Kier alpha value is -2.93. The molecule has 7 heteroatoms. The van der Waals surface area contributed by atoms with Crippen LogP contribution >= 0.6 is 0 Å². The third kappa shape index (κ3) is 5.79. The zero-order chi connectivity index (χ0) is 21.7. The number of nitrogens with one attached hydrogen (secondary N) is 1. The van der Waals surface area contributed by atoms with Crippen molar-refractivity contribution in [1.82, 2.24) is 9.80 Å². The number of halogens is 1. The number of anilines is 1. The Balaban J connectivity index is 1.54. The van der Waals surface area contributed by atoms with Crippen molar-refractivity contribution >= 4 is 17.5 Å². The molecule has 1 fully saturated rings. The van der Waals surface area contributed by atoms with Gasteiger partial charge in [0.25, 0.3) is 5.91 Å². The summed E-state index contributed by atoms with van der Waals surface area (Å²) in [7, 11) is 0. The molecule has 2 amide bonds. The summed E-state index contributed by atoms with van der Waals surface area (Å²) in [5.41, 5.74) is 1.68. The van der Waals surface area contributed by atoms with Gasteiger partial charge in [0.05, 0.1) is 0 Å². The van der Waals surface area contributed by atoms with E-state index in [-0.39, 0.29) is 36.3 Å². The number of ether oxygens (including phenoxy) is 1. The number of benzene rings is 2. The average molecular weight is 413 g/mol. The van der Waals surface area contributed by atoms with Crippen molar-refractivity contribution in [1.29, 1.82) is 0 Å². The van der Waals surface area contributed by atoms with Crippen LogP contribution in [0.25, 0.3) is 0 Å². The molecule has 2 aromatic carbocycles. The van der Waals surface area contributed by atoms with Crippen LogP contribution in [0.5, 0.6) is 5.75 Å². The molecule has 1 aliphatic heterocycles. The minimum absolute atomic E-state index is 0.0449. The predicted octanol–water partition coefficient (Wildman–Crippen LogP) is 3.28. The molecule has 2 aromatic rings. The summed E-state index contributed by atoms with van der Waals surface area (Å²) < 4.78 is 18.8. The number of amides is 2. The van der Waals surface area contributed by atoms with Crippen LogP contribution in [-0.4, -0.2) is 53.4 Å². The lowest BCUT2D eigenvalue weighted by Gasteiger charge is -2.44. The molecule has 0 aromatic heterocycles. The Labute approximate surface area is 176 Å². The lowest BCUT2D eigenvalue weighted by Crippen LogP contribution is -2.58. The van der Waals surface area contributed by atoms with Gasteiger partial charge < -0.3 is 15.0 Å². The maximum atomic E-state index is 13.1. The molecule has 0 aliphatic carbocycles. The average Bonchev–Trinajstić information content (AvgIpc) is 2.70. The minimum Gasteiger partial charge on any atom is -0.484 e. The molecule has 0 spiro atoms. The highest BCUT2D eigenvalue weighted by Crippen LogP contribution is 2.20. The molecular weight excluding hydrogens is 385 g/mol. The predicted molar refractivity (Wildman–Crippen MR) is 114 cm³/mol. The van der Waals surface area contributed by atoms with E-state index in [1.807, 2.05) is 11.8 Å². The highest BCUT2D eigenvalue weighted by atomic mass is 19.1. The first-order chi connectivity index (χ1) is 14.3. The van der Waals surface area contributed by atoms with Crippen LogP contribution in [-0.2, 0) is 16.1 Å². The third-order valence-corrected chi connectivity index (χ3v) is 5.25. The minimum atomic E-state index is -0.238. The first kappa shape index (κ1) is 21.8. The van der Waals surface area contributed by atoms with Gasteiger partial charge in [-0.3, -0.25) is 14.5 Å². The quantitative estimate of drug-likeness (QED) is 0.790. The molecule has 1 aliphatic rings. The fraction of sp³-hybridized carbons (Fsp3) is 0.391. The van der Waals surface area contributed by atoms with Crippen LogP contribution in [0.1, 0.15) is 26.3 Å². The Morgan fingerprint density at radius 2 is 1.83 bits per heavy atom. The Morgan fingerprint density at radius 3 is 2.53 bits per heavy atom. The molecule has 0 unspecified atom stereocenters. The summed E-state index contributed by atoms with van der Waals surface area (Å²) in [6.07, 6.45) is 0. The zero-order valence-electron chi connectivity index (χ0n) is 17.6. The van der Waals surface area contributed by atoms with E-state index in [1.165, 1.54) is 19.1 Å². The van der Waals surface area contributed by atoms with E-state index < -0.39 is 0 Å². The number of rotatable bonds is 6. The molecule has 6 nitrogen and oxygen atoms in total. The molecule has 0 bridgehead atoms. The van der Waals surface area contributed by atoms with Crippen LogP contribution < -0.4 is 10.1 Å². The molecule has 0 radical (unpaired) electrons. The van der Waals surface area contributed by atoms with Crippen molar-refractivity contribution in [3.8, 4) is 5.75 Å². The second kappa shape index (κ2) is 9.71. The third-order valence-electron chi connectivity index (χ3n) is 5.25. The highest BCUT2D eigenvalue weighted by Gasteiger charge is 2.32. The zero-order valence-corrected chi connectivity index (χ0v) is 17.6. The Bertz CT molecular complexity index is 888. The summed E-state index contributed by atoms with van der Waals surface area (Å²) in [6.45, 7) is 7.57. The number of hydrogen-bond acceptors (Lipinski definition) is 4. The van der Waals surface area contributed by atoms with E-state index in [1.54, 1.807) is 36.4 Å². The van der Waals surface area contributed by atoms with Crippen LogP contribution in [0.2, 0.25) is 0 Å². The fourth-order valence-electron chi connectivity index (χ4n) is 3.69. The van der Waals surface area contributed by atoms with Crippen LogP contribution in [0, 0.1) is 5.82 Å². The lowest BCUT2D eigenvalue weighted by molar-refractivity contribution is -0.139. The van der Waals surface area contributed by atoms with Gasteiger partial charge in [-0.05, 0) is 43.7 Å². The standard InChI is InChI=1S/C23H28FN3O3/c1-16-13-27(17(2)12-26(16)14-19-7-9-20(24)10-8-19)23(29)15-30-22-6-4-5-21(11-22)25-18(3)28/h4-11,16-17H,12-15H2,1-3H3,(H,25,28)/t16-,17+/m0/s1. The molecule has 2 atom stereocenters. The molecule has 1 saturated heterocycles. The molecule has 160 valence electrons. The van der Waals surface area contributed by atoms with Crippen molar-refractivity contribution in [2.24, 2.45) is 0 Å². The van der Waals surface area contributed by atoms with Crippen molar-refractivity contribution in [2.45, 2.75) is 39.4 Å². The number of hydrogen-bond donors (Lipinski definition) is 1. The van der Waals surface area contributed by atoms with E-state index in [9.17, 15) is 14.0 Å². The van der Waals surface area contributed by atoms with Gasteiger partial charge >= 0.3 is 0 Å². The SMILES string of the molecule is CC(=O)Nc1cccc(OCC(=O)N2C[C@H](C)N(Cc3ccc(F)cc3)C[C@H]2C)c1. The molecule has 0 saturated carbocycles. The van der Waals surface area contributed by atoms with Crippen molar-refractivity contribution in [3.05, 3.63) is 59.9 Å². The number of carbonyl (C=O) groups is 2. The van der Waals surface area contributed by atoms with E-state index in [4.69, 9.17) is 4.74 Å². The van der Waals surface area contributed by atoms with Crippen molar-refractivity contribution in [2.75, 3.05) is 25.0 Å². The van der Waals surface area contributed by atoms with Gasteiger partial charge in [-0.15, -0.1) is 0 Å². The van der Waals surface area contributed by atoms with Gasteiger partial charge in [0.1, 0.15) is 11.6 Å². The number of carbonyl (C=O) groups excluding carboxylic acids is 2. The van der Waals surface area contributed by atoms with Gasteiger partial charge in [0.2, 0.25) is 5.91 Å². The fourth-order valence-corrected chi connectivity index (χ4v) is 3.69.